The normalized spacial score (nSPS) is 33.7. The minimum Gasteiger partial charge on any atom is -0.477 e. The number of carboxylic acids is 1. The fourth-order valence-corrected chi connectivity index (χ4v) is 4.06. The summed E-state index contributed by atoms with van der Waals surface area (Å²) in [6.45, 7) is 2.56. The molecule has 1 aromatic heterocycles. The number of aliphatic carboxylic acids is 1. The molecule has 3 saturated heterocycles. The van der Waals surface area contributed by atoms with Crippen LogP contribution in [0.3, 0.4) is 0 Å². The summed E-state index contributed by atoms with van der Waals surface area (Å²) < 4.78 is -0.368. The number of hydrogen-bond donors (Lipinski definition) is 1. The molecule has 1 N–H and O–H groups in total. The molecule has 122 valence electrons. The number of nitrogens with zero attached hydrogens (tertiary/aromatic N) is 5. The van der Waals surface area contributed by atoms with Crippen molar-refractivity contribution in [3.63, 3.8) is 0 Å². The van der Waals surface area contributed by atoms with Gasteiger partial charge in [0.25, 0.3) is 5.91 Å². The monoisotopic (exact) mass is 328 g/mol. The third kappa shape index (κ3) is 1.59. The fraction of sp³-hybridized carbons (Fsp3) is 0.400. The van der Waals surface area contributed by atoms with Crippen molar-refractivity contribution in [2.75, 3.05) is 24.7 Å². The van der Waals surface area contributed by atoms with Gasteiger partial charge in [0, 0.05) is 0 Å². The number of pyridine rings is 1. The van der Waals surface area contributed by atoms with Crippen molar-refractivity contribution in [2.24, 2.45) is 0 Å². The summed E-state index contributed by atoms with van der Waals surface area (Å²) in [5.41, 5.74) is 1.06. The van der Waals surface area contributed by atoms with Crippen LogP contribution in [-0.4, -0.2) is 69.2 Å². The number of piperazine rings is 1. The Morgan fingerprint density at radius 1 is 1.46 bits per heavy atom. The number of hydrogen-bond acceptors (Lipinski definition) is 6. The van der Waals surface area contributed by atoms with E-state index in [0.717, 1.165) is 4.90 Å². The van der Waals surface area contributed by atoms with Crippen molar-refractivity contribution in [2.45, 2.75) is 19.0 Å². The molecule has 0 aromatic carbocycles. The number of nitriles is 1. The first-order chi connectivity index (χ1) is 11.4. The molecule has 24 heavy (non-hydrogen) atoms. The fourth-order valence-electron chi connectivity index (χ4n) is 4.06. The van der Waals surface area contributed by atoms with E-state index in [2.05, 4.69) is 4.98 Å². The minimum absolute atomic E-state index is 0.223. The van der Waals surface area contributed by atoms with Gasteiger partial charge in [-0.15, -0.1) is 0 Å². The van der Waals surface area contributed by atoms with Crippen LogP contribution in [0.15, 0.2) is 12.3 Å². The molecule has 3 amide bonds. The predicted molar refractivity (Wildman–Crippen MR) is 78.5 cm³/mol. The molecular formula is C15H14N5O4+. The number of urea groups is 1. The van der Waals surface area contributed by atoms with Crippen LogP contribution < -0.4 is 4.90 Å². The number of aromatic nitrogens is 1. The third-order valence-corrected chi connectivity index (χ3v) is 5.17. The van der Waals surface area contributed by atoms with Gasteiger partial charge in [0.15, 0.2) is 6.04 Å². The second kappa shape index (κ2) is 4.59. The molecule has 0 aliphatic carbocycles. The van der Waals surface area contributed by atoms with E-state index in [0.29, 0.717) is 12.1 Å². The van der Waals surface area contributed by atoms with E-state index in [1.165, 1.54) is 6.20 Å². The van der Waals surface area contributed by atoms with Gasteiger partial charge in [-0.05, 0) is 18.6 Å². The van der Waals surface area contributed by atoms with Crippen LogP contribution in [-0.2, 0) is 9.59 Å². The van der Waals surface area contributed by atoms with Crippen molar-refractivity contribution in [3.05, 3.63) is 23.5 Å². The van der Waals surface area contributed by atoms with Crippen molar-refractivity contribution in [1.82, 2.24) is 9.88 Å². The van der Waals surface area contributed by atoms with Crippen LogP contribution in [0.1, 0.15) is 11.3 Å². The molecule has 3 fully saturated rings. The zero-order valence-electron chi connectivity index (χ0n) is 12.8. The van der Waals surface area contributed by atoms with E-state index in [1.54, 1.807) is 13.0 Å². The van der Waals surface area contributed by atoms with Crippen LogP contribution in [0, 0.1) is 18.3 Å². The topological polar surface area (TPSA) is 115 Å². The van der Waals surface area contributed by atoms with Crippen molar-refractivity contribution >= 4 is 23.6 Å². The number of fused-ring (bicyclic) bond motifs is 1. The van der Waals surface area contributed by atoms with E-state index >= 15 is 0 Å². The van der Waals surface area contributed by atoms with E-state index in [4.69, 9.17) is 5.26 Å². The van der Waals surface area contributed by atoms with Gasteiger partial charge in [0.05, 0.1) is 25.0 Å². The molecule has 3 aliphatic rings. The lowest BCUT2D eigenvalue weighted by atomic mass is 10.1. The molecule has 4 heterocycles. The van der Waals surface area contributed by atoms with Gasteiger partial charge < -0.3 is 5.11 Å². The van der Waals surface area contributed by atoms with Crippen molar-refractivity contribution in [3.8, 4) is 6.07 Å². The van der Waals surface area contributed by atoms with Gasteiger partial charge in [0.2, 0.25) is 6.04 Å². The number of anilines is 1. The van der Waals surface area contributed by atoms with Crippen molar-refractivity contribution in [1.29, 1.82) is 5.26 Å². The largest absolute Gasteiger partial charge is 0.477 e. The van der Waals surface area contributed by atoms with Crippen LogP contribution in [0.2, 0.25) is 0 Å². The lowest BCUT2D eigenvalue weighted by Crippen LogP contribution is -2.62. The highest BCUT2D eigenvalue weighted by atomic mass is 16.4. The molecule has 0 radical (unpaired) electrons. The Bertz CT molecular complexity index is 847. The Morgan fingerprint density at radius 3 is 2.83 bits per heavy atom. The minimum atomic E-state index is -1.07. The molecule has 1 spiro atoms. The number of rotatable bonds is 2. The molecule has 1 aromatic rings. The maximum absolute atomic E-state index is 13.1. The second-order valence-electron chi connectivity index (χ2n) is 6.40. The van der Waals surface area contributed by atoms with Gasteiger partial charge in [0.1, 0.15) is 18.4 Å². The molecular weight excluding hydrogens is 314 g/mol. The molecule has 3 aliphatic heterocycles. The highest BCUT2D eigenvalue weighted by Crippen LogP contribution is 2.43. The van der Waals surface area contributed by atoms with Crippen LogP contribution in [0.5, 0.6) is 0 Å². The van der Waals surface area contributed by atoms with Crippen LogP contribution in [0.25, 0.3) is 0 Å². The second-order valence-corrected chi connectivity index (χ2v) is 6.40. The van der Waals surface area contributed by atoms with Gasteiger partial charge in [-0.3, -0.25) is 4.79 Å². The summed E-state index contributed by atoms with van der Waals surface area (Å²) in [7, 11) is 0. The summed E-state index contributed by atoms with van der Waals surface area (Å²) in [6.07, 6.45) is 1.31. The summed E-state index contributed by atoms with van der Waals surface area (Å²) in [5, 5.41) is 18.4. The van der Waals surface area contributed by atoms with E-state index in [9.17, 15) is 19.5 Å². The molecule has 9 heteroatoms. The Hall–Kier alpha value is -2.83. The van der Waals surface area contributed by atoms with Crippen LogP contribution >= 0.6 is 0 Å². The number of quaternary nitrogens is 1. The number of carbonyl (C=O) groups is 3. The average molecular weight is 328 g/mol. The lowest BCUT2D eigenvalue weighted by molar-refractivity contribution is -0.853. The quantitative estimate of drug-likeness (QED) is 0.583. The number of imide groups is 1. The van der Waals surface area contributed by atoms with E-state index in [1.807, 2.05) is 11.0 Å². The zero-order chi connectivity index (χ0) is 17.2. The Labute approximate surface area is 136 Å². The first-order valence-electron chi connectivity index (χ1n) is 7.48. The first kappa shape index (κ1) is 14.7. The number of carbonyl (C=O) groups excluding carboxylic acids is 2. The van der Waals surface area contributed by atoms with Crippen LogP contribution in [0.4, 0.5) is 10.5 Å². The summed E-state index contributed by atoms with van der Waals surface area (Å²) in [5.74, 6) is -1.47. The van der Waals surface area contributed by atoms with E-state index in [-0.39, 0.29) is 29.1 Å². The lowest BCUT2D eigenvalue weighted by Gasteiger charge is -2.30. The summed E-state index contributed by atoms with van der Waals surface area (Å²) >= 11 is 0. The Balaban J connectivity index is 1.79. The van der Waals surface area contributed by atoms with Crippen molar-refractivity contribution < 1.29 is 24.0 Å². The molecule has 2 bridgehead atoms. The average Bonchev–Trinajstić information content (AvgIpc) is 3.17. The maximum Gasteiger partial charge on any atom is 0.433 e. The van der Waals surface area contributed by atoms with E-state index < -0.39 is 30.0 Å². The summed E-state index contributed by atoms with van der Waals surface area (Å²) in [6, 6.07) is 1.35. The number of carboxylic acid groups (broad SMARTS) is 1. The SMILES string of the molecule is Cc1cc(N2C(=O)C3CN4CC(C(=O)O)[N+]3(C4)C2=O)cnc1C#N. The summed E-state index contributed by atoms with van der Waals surface area (Å²) in [4.78, 5) is 44.3. The maximum atomic E-state index is 13.1. The molecule has 4 rings (SSSR count). The first-order valence-corrected chi connectivity index (χ1v) is 7.48. The zero-order valence-corrected chi connectivity index (χ0v) is 12.8. The molecule has 4 atom stereocenters. The smallest absolute Gasteiger partial charge is 0.433 e. The Morgan fingerprint density at radius 2 is 2.21 bits per heavy atom. The molecule has 9 nitrogen and oxygen atoms in total. The predicted octanol–water partition coefficient (Wildman–Crippen LogP) is -0.346. The standard InChI is InChI=1S/C15H13N5O4/c1-8-2-9(4-17-10(8)3-16)19-13(21)11-5-18-6-12(14(22)23)20(11,7-18)15(19)24/h2,4,11-12H,5-7H2,1H3/p+1. The molecule has 0 saturated carbocycles. The highest BCUT2D eigenvalue weighted by molar-refractivity contribution is 6.18. The molecule has 4 unspecified atom stereocenters. The Kier molecular flexibility index (Phi) is 2.82. The van der Waals surface area contributed by atoms with Gasteiger partial charge in [-0.25, -0.2) is 24.0 Å². The van der Waals surface area contributed by atoms with Gasteiger partial charge >= 0.3 is 12.0 Å². The number of aryl methyl sites for hydroxylation is 1. The van der Waals surface area contributed by atoms with Gasteiger partial charge in [-0.2, -0.15) is 10.2 Å². The van der Waals surface area contributed by atoms with Gasteiger partial charge in [-0.1, -0.05) is 0 Å². The number of amides is 3. The third-order valence-electron chi connectivity index (χ3n) is 5.17. The highest BCUT2D eigenvalue weighted by Gasteiger charge is 2.73.